The molecule has 2 N–H and O–H groups in total. The maximum absolute atomic E-state index is 5.85. The van der Waals surface area contributed by atoms with Gasteiger partial charge < -0.3 is 10.5 Å². The summed E-state index contributed by atoms with van der Waals surface area (Å²) in [4.78, 5) is 8.67. The van der Waals surface area contributed by atoms with Crippen LogP contribution in [0.1, 0.15) is 5.56 Å². The van der Waals surface area contributed by atoms with Gasteiger partial charge in [0.1, 0.15) is 11.6 Å². The van der Waals surface area contributed by atoms with Gasteiger partial charge in [-0.05, 0) is 24.6 Å². The third-order valence-electron chi connectivity index (χ3n) is 2.97. The highest BCUT2D eigenvalue weighted by atomic mass is 16.5. The highest BCUT2D eigenvalue weighted by Crippen LogP contribution is 2.24. The van der Waals surface area contributed by atoms with E-state index in [9.17, 15) is 0 Å². The molecule has 1 aromatic heterocycles. The maximum atomic E-state index is 5.85. The van der Waals surface area contributed by atoms with E-state index in [1.165, 1.54) is 0 Å². The zero-order chi connectivity index (χ0) is 14.7. The van der Waals surface area contributed by atoms with Gasteiger partial charge in [0.25, 0.3) is 0 Å². The summed E-state index contributed by atoms with van der Waals surface area (Å²) in [6.45, 7) is 2.01. The number of hydrogen-bond donors (Lipinski definition) is 1. The number of nitrogen functional groups attached to an aromatic ring is 1. The summed E-state index contributed by atoms with van der Waals surface area (Å²) in [5, 5.41) is 0. The lowest BCUT2D eigenvalue weighted by Gasteiger charge is -2.08. The van der Waals surface area contributed by atoms with Crippen LogP contribution in [0.25, 0.3) is 11.4 Å². The number of aromatic nitrogens is 2. The summed E-state index contributed by atoms with van der Waals surface area (Å²) in [5.41, 5.74) is 7.87. The van der Waals surface area contributed by atoms with Crippen LogP contribution in [0.4, 0.5) is 5.82 Å². The molecule has 0 unspecified atom stereocenters. The highest BCUT2D eigenvalue weighted by Gasteiger charge is 2.07. The lowest BCUT2D eigenvalue weighted by atomic mass is 10.2. The van der Waals surface area contributed by atoms with Crippen molar-refractivity contribution in [2.24, 2.45) is 0 Å². The largest absolute Gasteiger partial charge is 0.439 e. The fraction of sp³-hybridized carbons (Fsp3) is 0.0588. The first-order valence-corrected chi connectivity index (χ1v) is 6.65. The third kappa shape index (κ3) is 3.17. The van der Waals surface area contributed by atoms with Gasteiger partial charge in [0.2, 0.25) is 5.88 Å². The minimum Gasteiger partial charge on any atom is -0.439 e. The molecule has 0 aliphatic heterocycles. The van der Waals surface area contributed by atoms with Gasteiger partial charge in [0.05, 0.1) is 0 Å². The van der Waals surface area contributed by atoms with Crippen LogP contribution in [-0.4, -0.2) is 9.97 Å². The van der Waals surface area contributed by atoms with E-state index in [0.29, 0.717) is 17.5 Å². The van der Waals surface area contributed by atoms with Gasteiger partial charge in [0.15, 0.2) is 5.82 Å². The minimum atomic E-state index is 0.381. The zero-order valence-electron chi connectivity index (χ0n) is 11.7. The smallest absolute Gasteiger partial charge is 0.224 e. The van der Waals surface area contributed by atoms with Crippen molar-refractivity contribution in [1.29, 1.82) is 0 Å². The van der Waals surface area contributed by atoms with Crippen molar-refractivity contribution in [3.8, 4) is 23.0 Å². The number of benzene rings is 2. The topological polar surface area (TPSA) is 61.0 Å². The van der Waals surface area contributed by atoms with Crippen LogP contribution in [0.2, 0.25) is 0 Å². The molecule has 0 aliphatic rings. The molecule has 3 aromatic rings. The maximum Gasteiger partial charge on any atom is 0.224 e. The standard InChI is InChI=1S/C17H15N3O/c1-12-6-5-9-14(10-12)21-16-11-15(18)19-17(20-16)13-7-3-2-4-8-13/h2-11H,1H3,(H2,18,19,20). The molecule has 4 nitrogen and oxygen atoms in total. The van der Waals surface area contributed by atoms with Crippen molar-refractivity contribution in [2.45, 2.75) is 6.92 Å². The molecule has 0 radical (unpaired) electrons. The predicted molar refractivity (Wildman–Crippen MR) is 83.1 cm³/mol. The molecular formula is C17H15N3O. The molecule has 0 aliphatic carbocycles. The van der Waals surface area contributed by atoms with E-state index >= 15 is 0 Å². The molecular weight excluding hydrogens is 262 g/mol. The number of ether oxygens (including phenoxy) is 1. The van der Waals surface area contributed by atoms with Crippen molar-refractivity contribution in [3.63, 3.8) is 0 Å². The summed E-state index contributed by atoms with van der Waals surface area (Å²) in [6, 6.07) is 19.1. The van der Waals surface area contributed by atoms with Gasteiger partial charge in [0, 0.05) is 11.6 Å². The van der Waals surface area contributed by atoms with Crippen LogP contribution in [0.3, 0.4) is 0 Å². The second-order valence-electron chi connectivity index (χ2n) is 4.74. The van der Waals surface area contributed by atoms with Gasteiger partial charge in [-0.3, -0.25) is 0 Å². The van der Waals surface area contributed by atoms with Gasteiger partial charge in [-0.25, -0.2) is 4.98 Å². The van der Waals surface area contributed by atoms with Crippen LogP contribution >= 0.6 is 0 Å². The molecule has 0 fully saturated rings. The van der Waals surface area contributed by atoms with Crippen LogP contribution < -0.4 is 10.5 Å². The van der Waals surface area contributed by atoms with Gasteiger partial charge >= 0.3 is 0 Å². The fourth-order valence-corrected chi connectivity index (χ4v) is 2.01. The average molecular weight is 277 g/mol. The van der Waals surface area contributed by atoms with E-state index in [1.807, 2.05) is 61.5 Å². The van der Waals surface area contributed by atoms with Crippen molar-refractivity contribution in [3.05, 3.63) is 66.2 Å². The predicted octanol–water partition coefficient (Wildman–Crippen LogP) is 3.83. The molecule has 0 saturated heterocycles. The first kappa shape index (κ1) is 13.1. The lowest BCUT2D eigenvalue weighted by molar-refractivity contribution is 0.462. The normalized spacial score (nSPS) is 10.3. The Morgan fingerprint density at radius 1 is 0.905 bits per heavy atom. The van der Waals surface area contributed by atoms with Crippen molar-refractivity contribution < 1.29 is 4.74 Å². The molecule has 0 amide bonds. The molecule has 1 heterocycles. The number of nitrogens with zero attached hydrogens (tertiary/aromatic N) is 2. The number of anilines is 1. The Kier molecular flexibility index (Phi) is 3.51. The summed E-state index contributed by atoms with van der Waals surface area (Å²) < 4.78 is 5.77. The summed E-state index contributed by atoms with van der Waals surface area (Å²) in [6.07, 6.45) is 0. The molecule has 0 saturated carbocycles. The number of nitrogens with two attached hydrogens (primary N) is 1. The summed E-state index contributed by atoms with van der Waals surface area (Å²) >= 11 is 0. The number of rotatable bonds is 3. The molecule has 0 atom stereocenters. The summed E-state index contributed by atoms with van der Waals surface area (Å²) in [5.74, 6) is 2.10. The molecule has 3 rings (SSSR count). The van der Waals surface area contributed by atoms with Gasteiger partial charge in [-0.15, -0.1) is 0 Å². The van der Waals surface area contributed by atoms with E-state index in [0.717, 1.165) is 16.9 Å². The highest BCUT2D eigenvalue weighted by molar-refractivity contribution is 5.57. The van der Waals surface area contributed by atoms with E-state index in [1.54, 1.807) is 6.07 Å². The average Bonchev–Trinajstić information content (AvgIpc) is 2.47. The van der Waals surface area contributed by atoms with E-state index < -0.39 is 0 Å². The second kappa shape index (κ2) is 5.63. The fourth-order valence-electron chi connectivity index (χ4n) is 2.01. The Labute approximate surface area is 123 Å². The SMILES string of the molecule is Cc1cccc(Oc2cc(N)nc(-c3ccccc3)n2)c1. The van der Waals surface area contributed by atoms with Crippen molar-refractivity contribution in [1.82, 2.24) is 9.97 Å². The monoisotopic (exact) mass is 277 g/mol. The molecule has 21 heavy (non-hydrogen) atoms. The van der Waals surface area contributed by atoms with Crippen LogP contribution in [0.5, 0.6) is 11.6 Å². The van der Waals surface area contributed by atoms with Gasteiger partial charge in [-0.2, -0.15) is 4.98 Å². The molecule has 0 spiro atoms. The Bertz CT molecular complexity index is 757. The summed E-state index contributed by atoms with van der Waals surface area (Å²) in [7, 11) is 0. The Hall–Kier alpha value is -2.88. The van der Waals surface area contributed by atoms with E-state index in [4.69, 9.17) is 10.5 Å². The third-order valence-corrected chi connectivity index (χ3v) is 2.97. The Balaban J connectivity index is 1.95. The lowest BCUT2D eigenvalue weighted by Crippen LogP contribution is -1.98. The van der Waals surface area contributed by atoms with E-state index in [2.05, 4.69) is 9.97 Å². The first-order valence-electron chi connectivity index (χ1n) is 6.65. The van der Waals surface area contributed by atoms with Crippen molar-refractivity contribution >= 4 is 5.82 Å². The second-order valence-corrected chi connectivity index (χ2v) is 4.74. The van der Waals surface area contributed by atoms with E-state index in [-0.39, 0.29) is 0 Å². The van der Waals surface area contributed by atoms with Crippen molar-refractivity contribution in [2.75, 3.05) is 5.73 Å². The quantitative estimate of drug-likeness (QED) is 0.790. The molecule has 4 heteroatoms. The number of aryl methyl sites for hydroxylation is 1. The number of hydrogen-bond acceptors (Lipinski definition) is 4. The zero-order valence-corrected chi connectivity index (χ0v) is 11.7. The Morgan fingerprint density at radius 3 is 2.48 bits per heavy atom. The molecule has 2 aromatic carbocycles. The molecule has 0 bridgehead atoms. The van der Waals surface area contributed by atoms with Crippen LogP contribution in [0.15, 0.2) is 60.7 Å². The van der Waals surface area contributed by atoms with Gasteiger partial charge in [-0.1, -0.05) is 42.5 Å². The van der Waals surface area contributed by atoms with Crippen LogP contribution in [0, 0.1) is 6.92 Å². The van der Waals surface area contributed by atoms with Crippen LogP contribution in [-0.2, 0) is 0 Å². The first-order chi connectivity index (χ1) is 10.2. The molecule has 104 valence electrons. The minimum absolute atomic E-state index is 0.381. The Morgan fingerprint density at radius 2 is 1.71 bits per heavy atom.